The van der Waals surface area contributed by atoms with Gasteiger partial charge >= 0.3 is 0 Å². The van der Waals surface area contributed by atoms with Gasteiger partial charge in [0.2, 0.25) is 5.91 Å². The van der Waals surface area contributed by atoms with E-state index in [2.05, 4.69) is 5.32 Å². The Kier molecular flexibility index (Phi) is 6.28. The second-order valence-electron chi connectivity index (χ2n) is 8.73. The second kappa shape index (κ2) is 9.50. The van der Waals surface area contributed by atoms with Crippen LogP contribution in [0.25, 0.3) is 0 Å². The van der Waals surface area contributed by atoms with Gasteiger partial charge in [-0.05, 0) is 48.1 Å². The Balaban J connectivity index is 1.58. The van der Waals surface area contributed by atoms with Gasteiger partial charge in [0.15, 0.2) is 11.5 Å². The topological polar surface area (TPSA) is 67.9 Å². The Morgan fingerprint density at radius 1 is 1.00 bits per heavy atom. The van der Waals surface area contributed by atoms with Crippen LogP contribution < -0.4 is 14.8 Å². The molecule has 176 valence electrons. The highest BCUT2D eigenvalue weighted by Gasteiger charge is 2.47. The Bertz CT molecular complexity index is 1190. The molecule has 34 heavy (non-hydrogen) atoms. The Morgan fingerprint density at radius 3 is 2.47 bits per heavy atom. The largest absolute Gasteiger partial charge is 0.493 e. The molecule has 1 aromatic heterocycles. The molecule has 1 N–H and O–H groups in total. The smallest absolute Gasteiger partial charge is 0.254 e. The fourth-order valence-corrected chi connectivity index (χ4v) is 6.17. The molecule has 1 fully saturated rings. The minimum absolute atomic E-state index is 0.0241. The lowest BCUT2D eigenvalue weighted by Crippen LogP contribution is -2.49. The van der Waals surface area contributed by atoms with Gasteiger partial charge in [-0.25, -0.2) is 0 Å². The second-order valence-corrected chi connectivity index (χ2v) is 9.71. The number of fused-ring (bicyclic) bond motifs is 1. The minimum Gasteiger partial charge on any atom is -0.493 e. The van der Waals surface area contributed by atoms with Crippen LogP contribution in [0.1, 0.15) is 58.4 Å². The van der Waals surface area contributed by atoms with Gasteiger partial charge < -0.3 is 19.7 Å². The molecular weight excluding hydrogens is 448 g/mol. The summed E-state index contributed by atoms with van der Waals surface area (Å²) in [6, 6.07) is 16.7. The van der Waals surface area contributed by atoms with E-state index in [1.54, 1.807) is 43.8 Å². The van der Waals surface area contributed by atoms with Gasteiger partial charge in [0.25, 0.3) is 5.91 Å². The van der Waals surface area contributed by atoms with Crippen LogP contribution in [0.4, 0.5) is 5.69 Å². The van der Waals surface area contributed by atoms with Crippen LogP contribution in [0.2, 0.25) is 0 Å². The number of nitrogens with one attached hydrogen (secondary N) is 1. The van der Waals surface area contributed by atoms with Crippen molar-refractivity contribution in [2.75, 3.05) is 19.5 Å². The molecule has 0 saturated heterocycles. The third kappa shape index (κ3) is 3.94. The predicted molar refractivity (Wildman–Crippen MR) is 133 cm³/mol. The van der Waals surface area contributed by atoms with Crippen LogP contribution in [0.15, 0.2) is 60.0 Å². The molecule has 6 nitrogen and oxygen atoms in total. The maximum atomic E-state index is 13.9. The van der Waals surface area contributed by atoms with E-state index in [1.807, 2.05) is 46.7 Å². The monoisotopic (exact) mass is 476 g/mol. The Hall–Kier alpha value is -3.32. The first-order chi connectivity index (χ1) is 16.6. The van der Waals surface area contributed by atoms with E-state index in [4.69, 9.17) is 9.47 Å². The molecule has 2 aliphatic rings. The summed E-state index contributed by atoms with van der Waals surface area (Å²) in [6.45, 7) is 0. The van der Waals surface area contributed by atoms with Gasteiger partial charge in [0, 0.05) is 28.2 Å². The van der Waals surface area contributed by atoms with Crippen LogP contribution in [0.5, 0.6) is 11.5 Å². The van der Waals surface area contributed by atoms with Crippen molar-refractivity contribution in [2.24, 2.45) is 0 Å². The van der Waals surface area contributed by atoms with E-state index in [-0.39, 0.29) is 23.9 Å². The number of nitrogens with zero attached hydrogens (tertiary/aromatic N) is 1. The van der Waals surface area contributed by atoms with E-state index >= 15 is 0 Å². The first kappa shape index (κ1) is 22.5. The van der Waals surface area contributed by atoms with Gasteiger partial charge in [-0.15, -0.1) is 11.3 Å². The highest BCUT2D eigenvalue weighted by atomic mass is 32.1. The highest BCUT2D eigenvalue weighted by molar-refractivity contribution is 7.10. The lowest BCUT2D eigenvalue weighted by Gasteiger charge is -2.44. The molecule has 2 heterocycles. The number of carbonyl (C=O) groups is 2. The van der Waals surface area contributed by atoms with Crippen LogP contribution in [0, 0.1) is 0 Å². The molecule has 2 amide bonds. The maximum absolute atomic E-state index is 13.9. The molecule has 0 spiro atoms. The number of hydrogen-bond acceptors (Lipinski definition) is 5. The number of amides is 2. The Labute approximate surface area is 203 Å². The van der Waals surface area contributed by atoms with E-state index < -0.39 is 5.92 Å². The number of benzene rings is 2. The zero-order valence-corrected chi connectivity index (χ0v) is 20.1. The summed E-state index contributed by atoms with van der Waals surface area (Å²) in [5.41, 5.74) is 2.02. The number of methoxy groups -OCH3 is 2. The van der Waals surface area contributed by atoms with E-state index in [1.165, 1.54) is 0 Å². The fourth-order valence-electron chi connectivity index (χ4n) is 5.31. The lowest BCUT2D eigenvalue weighted by atomic mass is 9.80. The average Bonchev–Trinajstić information content (AvgIpc) is 3.58. The number of carbonyl (C=O) groups excluding carboxylic acids is 2. The lowest BCUT2D eigenvalue weighted by molar-refractivity contribution is -0.119. The summed E-state index contributed by atoms with van der Waals surface area (Å²) in [6.07, 6.45) is 4.16. The van der Waals surface area contributed by atoms with Crippen molar-refractivity contribution >= 4 is 28.8 Å². The van der Waals surface area contributed by atoms with Crippen molar-refractivity contribution < 1.29 is 19.1 Å². The quantitative estimate of drug-likeness (QED) is 0.501. The third-order valence-corrected chi connectivity index (χ3v) is 7.81. The van der Waals surface area contributed by atoms with Crippen LogP contribution in [-0.4, -0.2) is 37.0 Å². The number of anilines is 1. The van der Waals surface area contributed by atoms with Crippen LogP contribution >= 0.6 is 11.3 Å². The first-order valence-corrected chi connectivity index (χ1v) is 12.5. The van der Waals surface area contributed by atoms with Gasteiger partial charge in [-0.2, -0.15) is 0 Å². The molecule has 1 saturated carbocycles. The molecule has 0 radical (unpaired) electrons. The van der Waals surface area contributed by atoms with Gasteiger partial charge in [0.05, 0.1) is 26.2 Å². The zero-order valence-electron chi connectivity index (χ0n) is 19.3. The highest BCUT2D eigenvalue weighted by Crippen LogP contribution is 2.47. The summed E-state index contributed by atoms with van der Waals surface area (Å²) in [5, 5.41) is 5.10. The fraction of sp³-hybridized carbons (Fsp3) is 0.333. The third-order valence-electron chi connectivity index (χ3n) is 6.86. The molecule has 2 atom stereocenters. The molecular formula is C27H28N2O4S. The van der Waals surface area contributed by atoms with E-state index in [0.29, 0.717) is 22.7 Å². The van der Waals surface area contributed by atoms with Crippen molar-refractivity contribution in [3.8, 4) is 11.5 Å². The molecule has 1 aliphatic carbocycles. The standard InChI is InChI=1S/C27H28N2O4S/c1-32-21-14-13-17(16-22(21)33-2)28-26(30)24-19-10-5-6-11-20(19)27(31)29(18-8-3-4-9-18)25(24)23-12-7-15-34-23/h5-7,10-16,18,24-25H,3-4,8-9H2,1-2H3,(H,28,30). The van der Waals surface area contributed by atoms with Gasteiger partial charge in [0.1, 0.15) is 0 Å². The summed E-state index contributed by atoms with van der Waals surface area (Å²) >= 11 is 1.60. The Morgan fingerprint density at radius 2 is 1.76 bits per heavy atom. The van der Waals surface area contributed by atoms with Crippen LogP contribution in [-0.2, 0) is 4.79 Å². The van der Waals surface area contributed by atoms with Crippen molar-refractivity contribution in [2.45, 2.75) is 43.7 Å². The first-order valence-electron chi connectivity index (χ1n) is 11.6. The minimum atomic E-state index is -0.527. The number of ether oxygens (including phenoxy) is 2. The van der Waals surface area contributed by atoms with Gasteiger partial charge in [-0.3, -0.25) is 9.59 Å². The van der Waals surface area contributed by atoms with Gasteiger partial charge in [-0.1, -0.05) is 37.1 Å². The zero-order chi connectivity index (χ0) is 23.7. The molecule has 2 aromatic carbocycles. The summed E-state index contributed by atoms with van der Waals surface area (Å²) < 4.78 is 10.7. The summed E-state index contributed by atoms with van der Waals surface area (Å²) in [4.78, 5) is 30.7. The summed E-state index contributed by atoms with van der Waals surface area (Å²) in [5.74, 6) is 0.491. The molecule has 3 aromatic rings. The maximum Gasteiger partial charge on any atom is 0.254 e. The summed E-state index contributed by atoms with van der Waals surface area (Å²) in [7, 11) is 3.15. The van der Waals surface area contributed by atoms with Crippen molar-refractivity contribution in [1.82, 2.24) is 4.90 Å². The SMILES string of the molecule is COc1ccc(NC(=O)C2c3ccccc3C(=O)N(C3CCCC3)C2c2cccs2)cc1OC. The van der Waals surface area contributed by atoms with Crippen molar-refractivity contribution in [1.29, 1.82) is 0 Å². The molecule has 5 rings (SSSR count). The molecule has 0 bridgehead atoms. The number of thiophene rings is 1. The van der Waals surface area contributed by atoms with Crippen molar-refractivity contribution in [3.05, 3.63) is 76.0 Å². The molecule has 2 unspecified atom stereocenters. The van der Waals surface area contributed by atoms with E-state index in [0.717, 1.165) is 36.1 Å². The molecule has 7 heteroatoms. The molecule has 1 aliphatic heterocycles. The van der Waals surface area contributed by atoms with E-state index in [9.17, 15) is 9.59 Å². The average molecular weight is 477 g/mol. The van der Waals surface area contributed by atoms with Crippen LogP contribution in [0.3, 0.4) is 0 Å². The number of rotatable bonds is 6. The number of hydrogen-bond donors (Lipinski definition) is 1. The predicted octanol–water partition coefficient (Wildman–Crippen LogP) is 5.63. The van der Waals surface area contributed by atoms with Crippen molar-refractivity contribution in [3.63, 3.8) is 0 Å². The normalized spacial score (nSPS) is 20.2.